The van der Waals surface area contributed by atoms with Gasteiger partial charge < -0.3 is 15.5 Å². The van der Waals surface area contributed by atoms with E-state index in [0.29, 0.717) is 0 Å². The molecule has 0 saturated carbocycles. The van der Waals surface area contributed by atoms with Crippen LogP contribution in [0.25, 0.3) is 0 Å². The molecule has 20 heavy (non-hydrogen) atoms. The number of likely N-dealkylation sites (N-methyl/N-ethyl adjacent to an activating group) is 1. The van der Waals surface area contributed by atoms with Gasteiger partial charge in [-0.2, -0.15) is 5.10 Å². The van der Waals surface area contributed by atoms with Gasteiger partial charge in [0.2, 0.25) is 5.91 Å². The first-order valence-electron chi connectivity index (χ1n) is 7.31. The lowest BCUT2D eigenvalue weighted by Gasteiger charge is -2.26. The Morgan fingerprint density at radius 3 is 2.90 bits per heavy atom. The SMILES string of the molecule is CCNCc1c(C)nn(C)c1N1CCCC1C(=O)NC. The maximum Gasteiger partial charge on any atom is 0.242 e. The topological polar surface area (TPSA) is 62.2 Å². The number of aryl methyl sites for hydroxylation is 2. The lowest BCUT2D eigenvalue weighted by molar-refractivity contribution is -0.121. The van der Waals surface area contributed by atoms with Gasteiger partial charge in [0.15, 0.2) is 0 Å². The summed E-state index contributed by atoms with van der Waals surface area (Å²) in [6.07, 6.45) is 1.95. The van der Waals surface area contributed by atoms with Crippen molar-refractivity contribution in [2.24, 2.45) is 7.05 Å². The summed E-state index contributed by atoms with van der Waals surface area (Å²) in [6, 6.07) is -0.0739. The second-order valence-electron chi connectivity index (χ2n) is 5.26. The molecule has 0 bridgehead atoms. The van der Waals surface area contributed by atoms with Gasteiger partial charge in [0.1, 0.15) is 11.9 Å². The number of aromatic nitrogens is 2. The molecule has 0 aromatic carbocycles. The zero-order valence-electron chi connectivity index (χ0n) is 12.9. The molecule has 1 atom stereocenters. The zero-order valence-corrected chi connectivity index (χ0v) is 12.9. The maximum absolute atomic E-state index is 12.0. The standard InChI is InChI=1S/C14H25N5O/c1-5-16-9-11-10(2)17-18(4)14(11)19-8-6-7-12(19)13(20)15-3/h12,16H,5-9H2,1-4H3,(H,15,20). The number of nitrogens with one attached hydrogen (secondary N) is 2. The van der Waals surface area contributed by atoms with Crippen LogP contribution in [0.15, 0.2) is 0 Å². The van der Waals surface area contributed by atoms with Gasteiger partial charge in [-0.3, -0.25) is 9.48 Å². The number of rotatable bonds is 5. The molecule has 1 unspecified atom stereocenters. The largest absolute Gasteiger partial charge is 0.357 e. The Labute approximate surface area is 120 Å². The summed E-state index contributed by atoms with van der Waals surface area (Å²) in [7, 11) is 3.66. The first-order valence-corrected chi connectivity index (χ1v) is 7.31. The molecule has 0 radical (unpaired) electrons. The lowest BCUT2D eigenvalue weighted by atomic mass is 10.2. The Kier molecular flexibility index (Phi) is 4.65. The van der Waals surface area contributed by atoms with Crippen LogP contribution in [0.5, 0.6) is 0 Å². The molecule has 2 N–H and O–H groups in total. The van der Waals surface area contributed by atoms with Crippen LogP contribution >= 0.6 is 0 Å². The van der Waals surface area contributed by atoms with E-state index in [0.717, 1.165) is 44.0 Å². The first kappa shape index (κ1) is 14.8. The van der Waals surface area contributed by atoms with Crippen molar-refractivity contribution in [3.63, 3.8) is 0 Å². The normalized spacial score (nSPS) is 18.6. The van der Waals surface area contributed by atoms with Crippen molar-refractivity contribution in [2.75, 3.05) is 25.0 Å². The summed E-state index contributed by atoms with van der Waals surface area (Å²) < 4.78 is 1.91. The molecule has 1 aromatic heterocycles. The van der Waals surface area contributed by atoms with Crippen molar-refractivity contribution < 1.29 is 4.79 Å². The summed E-state index contributed by atoms with van der Waals surface area (Å²) in [5, 5.41) is 10.7. The second-order valence-corrected chi connectivity index (χ2v) is 5.26. The van der Waals surface area contributed by atoms with Gasteiger partial charge in [0.25, 0.3) is 0 Å². The minimum Gasteiger partial charge on any atom is -0.357 e. The Hall–Kier alpha value is -1.56. The number of carbonyl (C=O) groups is 1. The van der Waals surface area contributed by atoms with Crippen molar-refractivity contribution in [2.45, 2.75) is 39.3 Å². The van der Waals surface area contributed by atoms with Gasteiger partial charge in [-0.05, 0) is 26.3 Å². The van der Waals surface area contributed by atoms with Gasteiger partial charge in [-0.15, -0.1) is 0 Å². The van der Waals surface area contributed by atoms with Crippen LogP contribution in [-0.2, 0) is 18.4 Å². The average Bonchev–Trinajstić information content (AvgIpc) is 3.00. The van der Waals surface area contributed by atoms with E-state index < -0.39 is 0 Å². The third kappa shape index (κ3) is 2.65. The molecule has 1 saturated heterocycles. The quantitative estimate of drug-likeness (QED) is 0.826. The average molecular weight is 279 g/mol. The molecule has 1 fully saturated rings. The van der Waals surface area contributed by atoms with Crippen molar-refractivity contribution >= 4 is 11.7 Å². The number of amides is 1. The number of hydrogen-bond donors (Lipinski definition) is 2. The number of nitrogens with zero attached hydrogens (tertiary/aromatic N) is 3. The van der Waals surface area contributed by atoms with E-state index in [-0.39, 0.29) is 11.9 Å². The smallest absolute Gasteiger partial charge is 0.242 e. The summed E-state index contributed by atoms with van der Waals surface area (Å²) >= 11 is 0. The highest BCUT2D eigenvalue weighted by Gasteiger charge is 2.33. The van der Waals surface area contributed by atoms with Gasteiger partial charge in [0, 0.05) is 32.7 Å². The molecule has 0 aliphatic carbocycles. The number of anilines is 1. The Bertz CT molecular complexity index is 482. The van der Waals surface area contributed by atoms with E-state index in [1.807, 2.05) is 18.7 Å². The molecular weight excluding hydrogens is 254 g/mol. The van der Waals surface area contributed by atoms with Crippen molar-refractivity contribution in [1.29, 1.82) is 0 Å². The van der Waals surface area contributed by atoms with E-state index in [4.69, 9.17) is 0 Å². The molecule has 0 spiro atoms. The number of hydrogen-bond acceptors (Lipinski definition) is 4. The van der Waals surface area contributed by atoms with Crippen molar-refractivity contribution in [3.8, 4) is 0 Å². The Morgan fingerprint density at radius 1 is 1.50 bits per heavy atom. The minimum absolute atomic E-state index is 0.0739. The van der Waals surface area contributed by atoms with E-state index in [1.165, 1.54) is 5.56 Å². The fraction of sp³-hybridized carbons (Fsp3) is 0.714. The van der Waals surface area contributed by atoms with Crippen LogP contribution in [0.3, 0.4) is 0 Å². The monoisotopic (exact) mass is 279 g/mol. The summed E-state index contributed by atoms with van der Waals surface area (Å²) in [6.45, 7) is 6.75. The van der Waals surface area contributed by atoms with Crippen LogP contribution in [0.2, 0.25) is 0 Å². The summed E-state index contributed by atoms with van der Waals surface area (Å²) in [5.41, 5.74) is 2.23. The van der Waals surface area contributed by atoms with Crippen LogP contribution < -0.4 is 15.5 Å². The van der Waals surface area contributed by atoms with Crippen LogP contribution in [0.1, 0.15) is 31.0 Å². The van der Waals surface area contributed by atoms with Crippen LogP contribution in [0, 0.1) is 6.92 Å². The fourth-order valence-electron chi connectivity index (χ4n) is 2.97. The third-order valence-corrected chi connectivity index (χ3v) is 3.94. The van der Waals surface area contributed by atoms with Gasteiger partial charge in [-0.25, -0.2) is 0 Å². The molecule has 6 nitrogen and oxygen atoms in total. The van der Waals surface area contributed by atoms with Crippen molar-refractivity contribution in [1.82, 2.24) is 20.4 Å². The molecule has 2 rings (SSSR count). The van der Waals surface area contributed by atoms with Gasteiger partial charge >= 0.3 is 0 Å². The Balaban J connectivity index is 2.33. The van der Waals surface area contributed by atoms with E-state index in [2.05, 4.69) is 27.6 Å². The summed E-state index contributed by atoms with van der Waals surface area (Å²) in [4.78, 5) is 14.2. The molecule has 1 aromatic rings. The number of carbonyl (C=O) groups excluding carboxylic acids is 1. The maximum atomic E-state index is 12.0. The molecule has 6 heteroatoms. The highest BCUT2D eigenvalue weighted by Crippen LogP contribution is 2.30. The molecule has 112 valence electrons. The van der Waals surface area contributed by atoms with E-state index >= 15 is 0 Å². The predicted octanol–water partition coefficient (Wildman–Crippen LogP) is 0.553. The zero-order chi connectivity index (χ0) is 14.7. The lowest BCUT2D eigenvalue weighted by Crippen LogP contribution is -2.43. The first-order chi connectivity index (χ1) is 9.60. The van der Waals surface area contributed by atoms with Crippen LogP contribution in [0.4, 0.5) is 5.82 Å². The molecule has 2 heterocycles. The molecule has 1 amide bonds. The highest BCUT2D eigenvalue weighted by atomic mass is 16.2. The molecule has 1 aliphatic heterocycles. The van der Waals surface area contributed by atoms with E-state index in [1.54, 1.807) is 7.05 Å². The molecular formula is C14H25N5O. The predicted molar refractivity (Wildman–Crippen MR) is 79.8 cm³/mol. The Morgan fingerprint density at radius 2 is 2.25 bits per heavy atom. The highest BCUT2D eigenvalue weighted by molar-refractivity contribution is 5.85. The van der Waals surface area contributed by atoms with E-state index in [9.17, 15) is 4.79 Å². The fourth-order valence-corrected chi connectivity index (χ4v) is 2.97. The van der Waals surface area contributed by atoms with Crippen LogP contribution in [-0.4, -0.2) is 41.9 Å². The van der Waals surface area contributed by atoms with Gasteiger partial charge in [-0.1, -0.05) is 6.92 Å². The molecule has 1 aliphatic rings. The minimum atomic E-state index is -0.0739. The third-order valence-electron chi connectivity index (χ3n) is 3.94. The van der Waals surface area contributed by atoms with Gasteiger partial charge in [0.05, 0.1) is 5.69 Å². The summed E-state index contributed by atoms with van der Waals surface area (Å²) in [5.74, 6) is 1.17. The van der Waals surface area contributed by atoms with Crippen molar-refractivity contribution in [3.05, 3.63) is 11.3 Å². The second kappa shape index (κ2) is 6.26.